The summed E-state index contributed by atoms with van der Waals surface area (Å²) in [7, 11) is 0. The second-order valence-electron chi connectivity index (χ2n) is 3.84. The molecule has 0 saturated carbocycles. The lowest BCUT2D eigenvalue weighted by molar-refractivity contribution is 0.428. The number of aryl methyl sites for hydroxylation is 1. The first-order valence-corrected chi connectivity index (χ1v) is 6.21. The van der Waals surface area contributed by atoms with Gasteiger partial charge in [-0.15, -0.1) is 0 Å². The van der Waals surface area contributed by atoms with E-state index in [0.717, 1.165) is 28.3 Å². The van der Waals surface area contributed by atoms with Gasteiger partial charge in [-0.3, -0.25) is 0 Å². The Morgan fingerprint density at radius 1 is 1.44 bits per heavy atom. The molecule has 2 aromatic heterocycles. The predicted octanol–water partition coefficient (Wildman–Crippen LogP) is 2.03. The van der Waals surface area contributed by atoms with E-state index in [0.29, 0.717) is 5.82 Å². The van der Waals surface area contributed by atoms with Crippen molar-refractivity contribution in [3.63, 3.8) is 0 Å². The van der Waals surface area contributed by atoms with Crippen LogP contribution in [0.1, 0.15) is 16.8 Å². The molecule has 3 heterocycles. The van der Waals surface area contributed by atoms with Crippen LogP contribution in [0.3, 0.4) is 0 Å². The molecule has 0 unspecified atom stereocenters. The minimum absolute atomic E-state index is 0.234. The molecule has 1 N–H and O–H groups in total. The van der Waals surface area contributed by atoms with E-state index in [1.807, 2.05) is 19.1 Å². The molecule has 0 saturated heterocycles. The number of hydrogen-bond acceptors (Lipinski definition) is 4. The molecule has 5 heteroatoms. The molecular formula is C11H11N3OS. The van der Waals surface area contributed by atoms with Crippen molar-refractivity contribution in [3.05, 3.63) is 35.2 Å². The molecule has 0 fully saturated rings. The summed E-state index contributed by atoms with van der Waals surface area (Å²) < 4.78 is 1.53. The maximum Gasteiger partial charge on any atom is 0.220 e. The zero-order chi connectivity index (χ0) is 11.1. The largest absolute Gasteiger partial charge is 0.493 e. The first kappa shape index (κ1) is 9.72. The van der Waals surface area contributed by atoms with E-state index in [9.17, 15) is 5.11 Å². The Morgan fingerprint density at radius 3 is 3.06 bits per heavy atom. The van der Waals surface area contributed by atoms with Gasteiger partial charge >= 0.3 is 0 Å². The van der Waals surface area contributed by atoms with Gasteiger partial charge in [-0.1, -0.05) is 0 Å². The maximum absolute atomic E-state index is 10.0. The van der Waals surface area contributed by atoms with Gasteiger partial charge in [-0.25, -0.2) is 4.98 Å². The summed E-state index contributed by atoms with van der Waals surface area (Å²) in [4.78, 5) is 4.22. The molecule has 2 aromatic rings. The normalized spacial score (nSPS) is 14.1. The number of rotatable bonds is 1. The highest BCUT2D eigenvalue weighted by Crippen LogP contribution is 2.36. The summed E-state index contributed by atoms with van der Waals surface area (Å²) in [5, 5.41) is 14.4. The number of thioether (sulfide) groups is 1. The fraction of sp³-hybridized carbons (Fsp3) is 0.273. The minimum atomic E-state index is 0.234. The van der Waals surface area contributed by atoms with Crippen LogP contribution in [0.2, 0.25) is 0 Å². The third kappa shape index (κ3) is 1.39. The molecule has 4 nitrogen and oxygen atoms in total. The molecule has 3 rings (SSSR count). The lowest BCUT2D eigenvalue weighted by Gasteiger charge is -2.03. The van der Waals surface area contributed by atoms with Gasteiger partial charge in [0.05, 0.1) is 5.69 Å². The van der Waals surface area contributed by atoms with Crippen molar-refractivity contribution in [2.24, 2.45) is 0 Å². The second-order valence-corrected chi connectivity index (χ2v) is 4.83. The molecule has 0 aliphatic carbocycles. The number of hydrogen-bond donors (Lipinski definition) is 1. The Bertz CT molecular complexity index is 550. The van der Waals surface area contributed by atoms with E-state index in [1.165, 1.54) is 4.68 Å². The van der Waals surface area contributed by atoms with Crippen molar-refractivity contribution in [2.45, 2.75) is 18.4 Å². The Balaban J connectivity index is 2.14. The van der Waals surface area contributed by atoms with Gasteiger partial charge in [0.1, 0.15) is 0 Å². The van der Waals surface area contributed by atoms with E-state index in [2.05, 4.69) is 10.1 Å². The fourth-order valence-corrected chi connectivity index (χ4v) is 2.82. The average molecular weight is 233 g/mol. The minimum Gasteiger partial charge on any atom is -0.493 e. The average Bonchev–Trinajstić information content (AvgIpc) is 2.82. The Morgan fingerprint density at radius 2 is 2.31 bits per heavy atom. The van der Waals surface area contributed by atoms with Gasteiger partial charge in [0.25, 0.3) is 0 Å². The van der Waals surface area contributed by atoms with Crippen molar-refractivity contribution in [3.8, 4) is 11.7 Å². The third-order valence-corrected chi connectivity index (χ3v) is 3.61. The van der Waals surface area contributed by atoms with Crippen molar-refractivity contribution < 1.29 is 5.11 Å². The summed E-state index contributed by atoms with van der Waals surface area (Å²) in [6.45, 7) is 2.00. The number of aromatic hydroxyl groups is 1. The van der Waals surface area contributed by atoms with Crippen LogP contribution >= 0.6 is 11.8 Å². The topological polar surface area (TPSA) is 50.9 Å². The van der Waals surface area contributed by atoms with Gasteiger partial charge in [-0.2, -0.15) is 21.5 Å². The summed E-state index contributed by atoms with van der Waals surface area (Å²) in [5.41, 5.74) is 3.04. The SMILES string of the molecule is Cc1ccnc(-n2nc3c(c2O)CSC3)c1. The highest BCUT2D eigenvalue weighted by molar-refractivity contribution is 7.98. The van der Waals surface area contributed by atoms with Crippen LogP contribution in [0.25, 0.3) is 5.82 Å². The quantitative estimate of drug-likeness (QED) is 0.818. The van der Waals surface area contributed by atoms with Gasteiger partial charge < -0.3 is 5.11 Å². The van der Waals surface area contributed by atoms with Gasteiger partial charge in [0, 0.05) is 23.3 Å². The van der Waals surface area contributed by atoms with E-state index in [1.54, 1.807) is 18.0 Å². The number of fused-ring (bicyclic) bond motifs is 1. The number of aromatic nitrogens is 3. The summed E-state index contributed by atoms with van der Waals surface area (Å²) in [6, 6.07) is 3.84. The molecule has 0 amide bonds. The number of pyridine rings is 1. The fourth-order valence-electron chi connectivity index (χ4n) is 1.79. The van der Waals surface area contributed by atoms with E-state index in [4.69, 9.17) is 0 Å². The first-order valence-electron chi connectivity index (χ1n) is 5.06. The Hall–Kier alpha value is -1.49. The Kier molecular flexibility index (Phi) is 2.14. The summed E-state index contributed by atoms with van der Waals surface area (Å²) in [5.74, 6) is 2.63. The summed E-state index contributed by atoms with van der Waals surface area (Å²) in [6.07, 6.45) is 1.73. The van der Waals surface area contributed by atoms with E-state index >= 15 is 0 Å². The molecule has 1 aliphatic rings. The van der Waals surface area contributed by atoms with Crippen LogP contribution < -0.4 is 0 Å². The predicted molar refractivity (Wildman–Crippen MR) is 62.8 cm³/mol. The molecule has 0 bridgehead atoms. The highest BCUT2D eigenvalue weighted by Gasteiger charge is 2.23. The first-order chi connectivity index (χ1) is 7.75. The lowest BCUT2D eigenvalue weighted by atomic mass is 10.3. The van der Waals surface area contributed by atoms with Crippen molar-refractivity contribution in [1.82, 2.24) is 14.8 Å². The molecule has 0 radical (unpaired) electrons. The summed E-state index contributed by atoms with van der Waals surface area (Å²) >= 11 is 1.77. The maximum atomic E-state index is 10.0. The van der Waals surface area contributed by atoms with E-state index in [-0.39, 0.29) is 5.88 Å². The second kappa shape index (κ2) is 3.52. The molecular weight excluding hydrogens is 222 g/mol. The van der Waals surface area contributed by atoms with Gasteiger partial charge in [0.2, 0.25) is 5.88 Å². The van der Waals surface area contributed by atoms with Crippen LogP contribution in [0.15, 0.2) is 18.3 Å². The van der Waals surface area contributed by atoms with E-state index < -0.39 is 0 Å². The van der Waals surface area contributed by atoms with Crippen molar-refractivity contribution in [1.29, 1.82) is 0 Å². The third-order valence-electron chi connectivity index (χ3n) is 2.64. The lowest BCUT2D eigenvalue weighted by Crippen LogP contribution is -2.00. The molecule has 0 spiro atoms. The van der Waals surface area contributed by atoms with Crippen LogP contribution in [-0.4, -0.2) is 19.9 Å². The molecule has 0 atom stereocenters. The monoisotopic (exact) mass is 233 g/mol. The van der Waals surface area contributed by atoms with Crippen molar-refractivity contribution >= 4 is 11.8 Å². The van der Waals surface area contributed by atoms with Gasteiger partial charge in [-0.05, 0) is 24.6 Å². The molecule has 82 valence electrons. The molecule has 1 aliphatic heterocycles. The van der Waals surface area contributed by atoms with Gasteiger partial charge in [0.15, 0.2) is 5.82 Å². The van der Waals surface area contributed by atoms with Crippen LogP contribution in [0.5, 0.6) is 5.88 Å². The molecule has 0 aromatic carbocycles. The smallest absolute Gasteiger partial charge is 0.220 e. The Labute approximate surface area is 97.3 Å². The standard InChI is InChI=1S/C11H11N3OS/c1-7-2-3-12-10(4-7)14-11(15)8-5-16-6-9(8)13-14/h2-4,15H,5-6H2,1H3. The molecule has 16 heavy (non-hydrogen) atoms. The van der Waals surface area contributed by atoms with Crippen LogP contribution in [0, 0.1) is 6.92 Å². The van der Waals surface area contributed by atoms with Crippen LogP contribution in [-0.2, 0) is 11.5 Å². The zero-order valence-electron chi connectivity index (χ0n) is 8.84. The van der Waals surface area contributed by atoms with Crippen LogP contribution in [0.4, 0.5) is 0 Å². The van der Waals surface area contributed by atoms with Crippen molar-refractivity contribution in [2.75, 3.05) is 0 Å². The number of nitrogens with zero attached hydrogens (tertiary/aromatic N) is 3. The zero-order valence-corrected chi connectivity index (χ0v) is 9.66. The highest BCUT2D eigenvalue weighted by atomic mass is 32.2.